The van der Waals surface area contributed by atoms with E-state index in [1.54, 1.807) is 18.4 Å². The Morgan fingerprint density at radius 1 is 1.17 bits per heavy atom. The molecule has 0 saturated heterocycles. The van der Waals surface area contributed by atoms with E-state index in [-0.39, 0.29) is 23.5 Å². The molecular formula is C20H21N5O3S. The lowest BCUT2D eigenvalue weighted by Crippen LogP contribution is -2.37. The maximum atomic E-state index is 13.1. The number of aromatic nitrogens is 5. The summed E-state index contributed by atoms with van der Waals surface area (Å²) >= 11 is 1.68. The first-order valence-corrected chi connectivity index (χ1v) is 10.0. The van der Waals surface area contributed by atoms with E-state index in [9.17, 15) is 14.4 Å². The lowest BCUT2D eigenvalue weighted by molar-refractivity contribution is 0.0972. The summed E-state index contributed by atoms with van der Waals surface area (Å²) in [7, 11) is 2.98. The number of ketones is 1. The van der Waals surface area contributed by atoms with Crippen LogP contribution in [0.25, 0.3) is 11.2 Å². The van der Waals surface area contributed by atoms with Crippen LogP contribution in [-0.4, -0.2) is 29.0 Å². The quantitative estimate of drug-likeness (QED) is 0.469. The van der Waals surface area contributed by atoms with Crippen molar-refractivity contribution in [2.24, 2.45) is 14.1 Å². The monoisotopic (exact) mass is 411 g/mol. The second-order valence-electron chi connectivity index (χ2n) is 7.12. The molecule has 4 rings (SSSR count). The molecular weight excluding hydrogens is 390 g/mol. The molecule has 0 bridgehead atoms. The highest BCUT2D eigenvalue weighted by atomic mass is 32.1. The Kier molecular flexibility index (Phi) is 4.62. The summed E-state index contributed by atoms with van der Waals surface area (Å²) in [4.78, 5) is 43.1. The number of rotatable bonds is 5. The van der Waals surface area contributed by atoms with Gasteiger partial charge in [-0.3, -0.25) is 18.7 Å². The topological polar surface area (TPSA) is 83.8 Å². The van der Waals surface area contributed by atoms with Crippen LogP contribution in [0.3, 0.4) is 0 Å². The van der Waals surface area contributed by atoms with Crippen LogP contribution in [0.4, 0.5) is 0 Å². The summed E-state index contributed by atoms with van der Waals surface area (Å²) < 4.78 is 5.97. The first-order valence-electron chi connectivity index (χ1n) is 9.12. The van der Waals surface area contributed by atoms with Gasteiger partial charge in [-0.1, -0.05) is 6.07 Å². The van der Waals surface area contributed by atoms with Crippen LogP contribution in [0.1, 0.15) is 26.6 Å². The van der Waals surface area contributed by atoms with Gasteiger partial charge in [-0.25, -0.2) is 9.78 Å². The normalized spacial score (nSPS) is 11.4. The van der Waals surface area contributed by atoms with Gasteiger partial charge in [-0.2, -0.15) is 0 Å². The molecule has 0 spiro atoms. The first-order chi connectivity index (χ1) is 13.8. The highest BCUT2D eigenvalue weighted by Gasteiger charge is 2.20. The highest BCUT2D eigenvalue weighted by molar-refractivity contribution is 7.09. The van der Waals surface area contributed by atoms with Crippen molar-refractivity contribution in [3.05, 3.63) is 72.6 Å². The number of carbonyl (C=O) groups is 1. The predicted molar refractivity (Wildman–Crippen MR) is 112 cm³/mol. The van der Waals surface area contributed by atoms with Gasteiger partial charge >= 0.3 is 5.69 Å². The Morgan fingerprint density at radius 2 is 1.93 bits per heavy atom. The lowest BCUT2D eigenvalue weighted by atomic mass is 10.1. The zero-order chi connectivity index (χ0) is 20.9. The van der Waals surface area contributed by atoms with E-state index in [0.717, 1.165) is 22.5 Å². The Hall–Kier alpha value is -3.20. The van der Waals surface area contributed by atoms with E-state index < -0.39 is 11.2 Å². The molecule has 4 heterocycles. The minimum absolute atomic E-state index is 0.0206. The Bertz CT molecular complexity index is 1350. The maximum Gasteiger partial charge on any atom is 0.332 e. The molecule has 0 atom stereocenters. The van der Waals surface area contributed by atoms with Crippen LogP contribution in [0.5, 0.6) is 0 Å². The smallest absolute Gasteiger partial charge is 0.332 e. The van der Waals surface area contributed by atoms with Gasteiger partial charge in [0.2, 0.25) is 0 Å². The zero-order valence-corrected chi connectivity index (χ0v) is 17.5. The van der Waals surface area contributed by atoms with Gasteiger partial charge in [-0.05, 0) is 31.4 Å². The molecule has 9 heteroatoms. The van der Waals surface area contributed by atoms with E-state index >= 15 is 0 Å². The fraction of sp³-hybridized carbons (Fsp3) is 0.300. The molecule has 0 amide bonds. The van der Waals surface area contributed by atoms with E-state index in [2.05, 4.69) is 15.6 Å². The van der Waals surface area contributed by atoms with Crippen molar-refractivity contribution in [1.29, 1.82) is 0 Å². The van der Waals surface area contributed by atoms with Crippen LogP contribution in [0.15, 0.2) is 39.5 Å². The van der Waals surface area contributed by atoms with Crippen LogP contribution >= 0.6 is 11.3 Å². The van der Waals surface area contributed by atoms with Gasteiger partial charge in [-0.15, -0.1) is 11.3 Å². The average Bonchev–Trinajstić information content (AvgIpc) is 3.41. The number of fused-ring (bicyclic) bond motifs is 1. The molecule has 0 aliphatic carbocycles. The average molecular weight is 411 g/mol. The molecule has 0 N–H and O–H groups in total. The van der Waals surface area contributed by atoms with Gasteiger partial charge < -0.3 is 9.13 Å². The largest absolute Gasteiger partial charge is 0.343 e. The van der Waals surface area contributed by atoms with E-state index in [4.69, 9.17) is 0 Å². The second-order valence-corrected chi connectivity index (χ2v) is 8.16. The number of hydrogen-bond donors (Lipinski definition) is 0. The summed E-state index contributed by atoms with van der Waals surface area (Å²) in [5.41, 5.74) is 2.14. The van der Waals surface area contributed by atoms with Crippen LogP contribution in [0, 0.1) is 13.8 Å². The van der Waals surface area contributed by atoms with Crippen molar-refractivity contribution in [3.63, 3.8) is 0 Å². The molecule has 4 aromatic heterocycles. The van der Waals surface area contributed by atoms with Crippen molar-refractivity contribution in [2.75, 3.05) is 0 Å². The van der Waals surface area contributed by atoms with Crippen molar-refractivity contribution < 1.29 is 4.79 Å². The van der Waals surface area contributed by atoms with Crippen LogP contribution in [-0.2, 0) is 27.2 Å². The summed E-state index contributed by atoms with van der Waals surface area (Å²) in [5.74, 6) is -0.106. The molecule has 4 aromatic rings. The highest BCUT2D eigenvalue weighted by Crippen LogP contribution is 2.20. The third-order valence-electron chi connectivity index (χ3n) is 5.30. The molecule has 150 valence electrons. The van der Waals surface area contributed by atoms with Crippen LogP contribution < -0.4 is 11.2 Å². The Balaban J connectivity index is 1.71. The number of thiophene rings is 1. The van der Waals surface area contributed by atoms with E-state index in [1.807, 2.05) is 31.4 Å². The molecule has 0 aliphatic rings. The minimum Gasteiger partial charge on any atom is -0.343 e. The number of carbonyl (C=O) groups excluding carboxylic acids is 1. The third-order valence-corrected chi connectivity index (χ3v) is 6.16. The Morgan fingerprint density at radius 3 is 2.62 bits per heavy atom. The molecule has 0 fully saturated rings. The Labute approximate surface area is 170 Å². The fourth-order valence-corrected chi connectivity index (χ4v) is 4.33. The number of nitrogens with zero attached hydrogens (tertiary/aromatic N) is 5. The number of imidazole rings is 1. The summed E-state index contributed by atoms with van der Waals surface area (Å²) in [6, 6.07) is 5.97. The third kappa shape index (κ3) is 3.07. The summed E-state index contributed by atoms with van der Waals surface area (Å²) in [6.07, 6.45) is 1.44. The minimum atomic E-state index is -0.462. The van der Waals surface area contributed by atoms with E-state index in [1.165, 1.54) is 27.4 Å². The number of aryl methyl sites for hydroxylation is 2. The molecule has 8 nitrogen and oxygen atoms in total. The first kappa shape index (κ1) is 19.1. The van der Waals surface area contributed by atoms with Gasteiger partial charge in [0.05, 0.1) is 19.4 Å². The number of hydrogen-bond acceptors (Lipinski definition) is 5. The predicted octanol–water partition coefficient (Wildman–Crippen LogP) is 1.84. The van der Waals surface area contributed by atoms with E-state index in [0.29, 0.717) is 5.56 Å². The molecule has 29 heavy (non-hydrogen) atoms. The van der Waals surface area contributed by atoms with Gasteiger partial charge in [0.25, 0.3) is 5.56 Å². The van der Waals surface area contributed by atoms with Gasteiger partial charge in [0.15, 0.2) is 16.9 Å². The SMILES string of the molecule is Cc1cc(C(=O)Cn2cnc3c2c(=O)n(C)c(=O)n3C)c(C)n1Cc1cccs1. The molecule has 0 unspecified atom stereocenters. The molecule has 0 aromatic carbocycles. The van der Waals surface area contributed by atoms with Crippen molar-refractivity contribution >= 4 is 28.3 Å². The number of Topliss-reactive ketones (excluding diaryl/α,β-unsaturated/α-hetero) is 1. The summed E-state index contributed by atoms with van der Waals surface area (Å²) in [6.45, 7) is 4.62. The van der Waals surface area contributed by atoms with Gasteiger partial charge in [0, 0.05) is 35.9 Å². The van der Waals surface area contributed by atoms with Crippen LogP contribution in [0.2, 0.25) is 0 Å². The molecule has 0 saturated carbocycles. The maximum absolute atomic E-state index is 13.1. The second kappa shape index (κ2) is 7.00. The zero-order valence-electron chi connectivity index (χ0n) is 16.7. The standard InChI is InChI=1S/C20H21N5O3S/c1-12-8-15(13(2)25(12)9-14-6-5-7-29-14)16(26)10-24-11-21-18-17(24)19(27)23(4)20(28)22(18)3/h5-8,11H,9-10H2,1-4H3. The fourth-order valence-electron chi connectivity index (χ4n) is 3.64. The lowest BCUT2D eigenvalue weighted by Gasteiger charge is -2.09. The van der Waals surface area contributed by atoms with Crippen molar-refractivity contribution in [2.45, 2.75) is 26.9 Å². The summed E-state index contributed by atoms with van der Waals surface area (Å²) in [5, 5.41) is 2.04. The van der Waals surface area contributed by atoms with Gasteiger partial charge in [0.1, 0.15) is 0 Å². The molecule has 0 radical (unpaired) electrons. The van der Waals surface area contributed by atoms with Crippen molar-refractivity contribution in [3.8, 4) is 0 Å². The van der Waals surface area contributed by atoms with Crippen molar-refractivity contribution in [1.82, 2.24) is 23.3 Å². The molecule has 0 aliphatic heterocycles.